The van der Waals surface area contributed by atoms with Crippen LogP contribution in [0, 0.1) is 5.82 Å². The number of carbonyl (C=O) groups is 1. The van der Waals surface area contributed by atoms with E-state index in [1.165, 1.54) is 12.3 Å². The van der Waals surface area contributed by atoms with Crippen LogP contribution in [0.1, 0.15) is 15.9 Å². The van der Waals surface area contributed by atoms with Crippen molar-refractivity contribution in [3.63, 3.8) is 0 Å². The maximum absolute atomic E-state index is 13.3. The van der Waals surface area contributed by atoms with E-state index in [-0.39, 0.29) is 5.56 Å². The van der Waals surface area contributed by atoms with Crippen molar-refractivity contribution in [2.45, 2.75) is 6.42 Å². The number of benzene rings is 1. The summed E-state index contributed by atoms with van der Waals surface area (Å²) in [6.45, 7) is 0.349. The van der Waals surface area contributed by atoms with Crippen LogP contribution in [-0.4, -0.2) is 17.4 Å². The molecule has 0 spiro atoms. The molecule has 0 aliphatic heterocycles. The molecular weight excluding hydrogens is 302 g/mol. The molecule has 1 aromatic heterocycles. The normalized spacial score (nSPS) is 10.3. The minimum atomic E-state index is -0.644. The molecule has 0 aliphatic carbocycles. The molecule has 0 atom stereocenters. The summed E-state index contributed by atoms with van der Waals surface area (Å²) in [6, 6.07) is 6.50. The molecule has 1 aromatic carbocycles. The fraction of sp³-hybridized carbons (Fsp3) is 0.143. The number of carbonyl (C=O) groups excluding carboxylic acids is 1. The molecule has 0 unspecified atom stereocenters. The third-order valence-electron chi connectivity index (χ3n) is 2.71. The maximum atomic E-state index is 13.3. The highest BCUT2D eigenvalue weighted by Gasteiger charge is 2.10. The van der Waals surface area contributed by atoms with Gasteiger partial charge in [-0.25, -0.2) is 4.39 Å². The Morgan fingerprint density at radius 1 is 1.30 bits per heavy atom. The van der Waals surface area contributed by atoms with Gasteiger partial charge in [-0.2, -0.15) is 0 Å². The van der Waals surface area contributed by atoms with Gasteiger partial charge >= 0.3 is 0 Å². The number of hydrogen-bond donors (Lipinski definition) is 1. The molecule has 0 fully saturated rings. The second-order valence-electron chi connectivity index (χ2n) is 4.10. The van der Waals surface area contributed by atoms with Crippen molar-refractivity contribution in [3.05, 3.63) is 63.6 Å². The summed E-state index contributed by atoms with van der Waals surface area (Å²) in [5, 5.41) is 3.73. The van der Waals surface area contributed by atoms with E-state index in [0.717, 1.165) is 11.8 Å². The Kier molecular flexibility index (Phi) is 4.93. The lowest BCUT2D eigenvalue weighted by molar-refractivity contribution is 0.0950. The van der Waals surface area contributed by atoms with Gasteiger partial charge in [-0.05, 0) is 30.2 Å². The number of nitrogens with one attached hydrogen (secondary N) is 1. The molecular formula is C14H11Cl2FN2O. The molecule has 0 radical (unpaired) electrons. The van der Waals surface area contributed by atoms with Crippen LogP contribution in [0.4, 0.5) is 4.39 Å². The lowest BCUT2D eigenvalue weighted by atomic mass is 10.1. The van der Waals surface area contributed by atoms with Gasteiger partial charge in [0.05, 0.1) is 11.8 Å². The Balaban J connectivity index is 1.93. The van der Waals surface area contributed by atoms with Crippen molar-refractivity contribution in [2.24, 2.45) is 0 Å². The topological polar surface area (TPSA) is 42.0 Å². The number of pyridine rings is 1. The SMILES string of the molecule is O=C(NCCc1ccc(Cl)cc1Cl)c1ccncc1F. The summed E-state index contributed by atoms with van der Waals surface area (Å²) in [5.41, 5.74) is 0.841. The van der Waals surface area contributed by atoms with Gasteiger partial charge in [0.15, 0.2) is 5.82 Å². The van der Waals surface area contributed by atoms with Gasteiger partial charge in [0.2, 0.25) is 0 Å². The van der Waals surface area contributed by atoms with Gasteiger partial charge in [-0.3, -0.25) is 9.78 Å². The van der Waals surface area contributed by atoms with Gasteiger partial charge in [-0.1, -0.05) is 29.3 Å². The first-order valence-electron chi connectivity index (χ1n) is 5.89. The summed E-state index contributed by atoms with van der Waals surface area (Å²) < 4.78 is 13.3. The van der Waals surface area contributed by atoms with Gasteiger partial charge in [0, 0.05) is 22.8 Å². The van der Waals surface area contributed by atoms with Crippen LogP contribution in [0.3, 0.4) is 0 Å². The first-order chi connectivity index (χ1) is 9.58. The maximum Gasteiger partial charge on any atom is 0.254 e. The van der Waals surface area contributed by atoms with Gasteiger partial charge < -0.3 is 5.32 Å². The van der Waals surface area contributed by atoms with Gasteiger partial charge in [0.25, 0.3) is 5.91 Å². The second-order valence-corrected chi connectivity index (χ2v) is 4.94. The van der Waals surface area contributed by atoms with E-state index in [4.69, 9.17) is 23.2 Å². The van der Waals surface area contributed by atoms with Crippen molar-refractivity contribution in [3.8, 4) is 0 Å². The number of rotatable bonds is 4. The van der Waals surface area contributed by atoms with E-state index < -0.39 is 11.7 Å². The van der Waals surface area contributed by atoms with E-state index in [1.807, 2.05) is 0 Å². The molecule has 104 valence electrons. The van der Waals surface area contributed by atoms with E-state index in [2.05, 4.69) is 10.3 Å². The molecule has 1 N–H and O–H groups in total. The van der Waals surface area contributed by atoms with E-state index in [9.17, 15) is 9.18 Å². The van der Waals surface area contributed by atoms with Gasteiger partial charge in [0.1, 0.15) is 0 Å². The predicted molar refractivity (Wildman–Crippen MR) is 76.7 cm³/mol. The standard InChI is InChI=1S/C14H11Cl2FN2O/c15-10-2-1-9(12(16)7-10)3-6-19-14(20)11-4-5-18-8-13(11)17/h1-2,4-5,7-8H,3,6H2,(H,19,20). The van der Waals surface area contributed by atoms with Crippen molar-refractivity contribution >= 4 is 29.1 Å². The average Bonchev–Trinajstić information content (AvgIpc) is 2.41. The minimum Gasteiger partial charge on any atom is -0.352 e. The quantitative estimate of drug-likeness (QED) is 0.938. The Morgan fingerprint density at radius 3 is 2.80 bits per heavy atom. The number of hydrogen-bond acceptors (Lipinski definition) is 2. The first-order valence-corrected chi connectivity index (χ1v) is 6.65. The number of aromatic nitrogens is 1. The van der Waals surface area contributed by atoms with E-state index >= 15 is 0 Å². The minimum absolute atomic E-state index is 0.0257. The van der Waals surface area contributed by atoms with Crippen molar-refractivity contribution < 1.29 is 9.18 Å². The van der Waals surface area contributed by atoms with E-state index in [0.29, 0.717) is 23.0 Å². The van der Waals surface area contributed by atoms with Crippen LogP contribution in [0.2, 0.25) is 10.0 Å². The zero-order chi connectivity index (χ0) is 14.5. The molecule has 3 nitrogen and oxygen atoms in total. The predicted octanol–water partition coefficient (Wildman–Crippen LogP) is 3.50. The fourth-order valence-corrected chi connectivity index (χ4v) is 2.19. The average molecular weight is 313 g/mol. The smallest absolute Gasteiger partial charge is 0.254 e. The summed E-state index contributed by atoms with van der Waals surface area (Å²) in [6.07, 6.45) is 2.91. The highest BCUT2D eigenvalue weighted by molar-refractivity contribution is 6.35. The highest BCUT2D eigenvalue weighted by Crippen LogP contribution is 2.21. The summed E-state index contributed by atoms with van der Waals surface area (Å²) in [7, 11) is 0. The third kappa shape index (κ3) is 3.68. The molecule has 6 heteroatoms. The van der Waals surface area contributed by atoms with Gasteiger partial charge in [-0.15, -0.1) is 0 Å². The Labute approximate surface area is 125 Å². The zero-order valence-electron chi connectivity index (χ0n) is 10.4. The van der Waals surface area contributed by atoms with Crippen LogP contribution in [0.5, 0.6) is 0 Å². The molecule has 0 saturated heterocycles. The number of halogens is 3. The van der Waals surface area contributed by atoms with Crippen LogP contribution >= 0.6 is 23.2 Å². The summed E-state index contributed by atoms with van der Waals surface area (Å²) in [4.78, 5) is 15.4. The molecule has 0 saturated carbocycles. The Hall–Kier alpha value is -1.65. The Bertz CT molecular complexity index is 634. The summed E-state index contributed by atoms with van der Waals surface area (Å²) in [5.74, 6) is -1.12. The van der Waals surface area contributed by atoms with Crippen molar-refractivity contribution in [1.29, 1.82) is 0 Å². The number of nitrogens with zero attached hydrogens (tertiary/aromatic N) is 1. The Morgan fingerprint density at radius 2 is 2.10 bits per heavy atom. The zero-order valence-corrected chi connectivity index (χ0v) is 11.9. The van der Waals surface area contributed by atoms with Crippen molar-refractivity contribution in [1.82, 2.24) is 10.3 Å². The molecule has 2 rings (SSSR count). The molecule has 2 aromatic rings. The molecule has 0 aliphatic rings. The lowest BCUT2D eigenvalue weighted by Gasteiger charge is -2.07. The highest BCUT2D eigenvalue weighted by atomic mass is 35.5. The second kappa shape index (κ2) is 6.68. The molecule has 20 heavy (non-hydrogen) atoms. The van der Waals surface area contributed by atoms with Crippen molar-refractivity contribution in [2.75, 3.05) is 6.54 Å². The van der Waals surface area contributed by atoms with Crippen LogP contribution in [0.25, 0.3) is 0 Å². The monoisotopic (exact) mass is 312 g/mol. The summed E-state index contributed by atoms with van der Waals surface area (Å²) >= 11 is 11.8. The largest absolute Gasteiger partial charge is 0.352 e. The third-order valence-corrected chi connectivity index (χ3v) is 3.30. The lowest BCUT2D eigenvalue weighted by Crippen LogP contribution is -2.26. The first kappa shape index (κ1) is 14.8. The molecule has 1 heterocycles. The van der Waals surface area contributed by atoms with Crippen LogP contribution < -0.4 is 5.32 Å². The van der Waals surface area contributed by atoms with Crippen LogP contribution in [0.15, 0.2) is 36.7 Å². The van der Waals surface area contributed by atoms with E-state index in [1.54, 1.807) is 18.2 Å². The molecule has 1 amide bonds. The van der Waals surface area contributed by atoms with Crippen LogP contribution in [-0.2, 0) is 6.42 Å². The molecule has 0 bridgehead atoms. The fourth-order valence-electron chi connectivity index (χ4n) is 1.69. The number of amides is 1.